The molecule has 3 rings (SSSR count). The van der Waals surface area contributed by atoms with Gasteiger partial charge in [0.1, 0.15) is 0 Å². The summed E-state index contributed by atoms with van der Waals surface area (Å²) in [5.74, 6) is 0. The van der Waals surface area contributed by atoms with Crippen LogP contribution in [0.3, 0.4) is 0 Å². The number of rotatable bonds is 2. The zero-order chi connectivity index (χ0) is 11.5. The number of thioether (sulfide) groups is 2. The van der Waals surface area contributed by atoms with Gasteiger partial charge in [0.25, 0.3) is 0 Å². The van der Waals surface area contributed by atoms with E-state index in [4.69, 9.17) is 4.98 Å². The Morgan fingerprint density at radius 1 is 1.24 bits per heavy atom. The summed E-state index contributed by atoms with van der Waals surface area (Å²) >= 11 is 4.50. The van der Waals surface area contributed by atoms with Crippen LogP contribution in [0.2, 0.25) is 5.32 Å². The quantitative estimate of drug-likeness (QED) is 0.775. The van der Waals surface area contributed by atoms with Crippen molar-refractivity contribution in [1.82, 2.24) is 4.98 Å². The third-order valence-electron chi connectivity index (χ3n) is 2.44. The second kappa shape index (κ2) is 5.49. The molecule has 1 aromatic heterocycles. The van der Waals surface area contributed by atoms with Crippen LogP contribution < -0.4 is 0 Å². The van der Waals surface area contributed by atoms with Gasteiger partial charge in [-0.05, 0) is 0 Å². The Kier molecular flexibility index (Phi) is 3.77. The van der Waals surface area contributed by atoms with Gasteiger partial charge in [0.15, 0.2) is 0 Å². The molecule has 1 aliphatic heterocycles. The van der Waals surface area contributed by atoms with E-state index in [0.717, 1.165) is 10.5 Å². The van der Waals surface area contributed by atoms with Crippen LogP contribution in [0, 0.1) is 0 Å². The van der Waals surface area contributed by atoms with E-state index in [-0.39, 0.29) is 0 Å². The molecule has 0 saturated heterocycles. The summed E-state index contributed by atoms with van der Waals surface area (Å²) in [4.78, 5) is 7.01. The first-order valence-electron chi connectivity index (χ1n) is 5.36. The van der Waals surface area contributed by atoms with E-state index in [1.807, 2.05) is 29.6 Å². The number of aromatic nitrogens is 1. The van der Waals surface area contributed by atoms with Crippen molar-refractivity contribution in [2.24, 2.45) is 0 Å². The Labute approximate surface area is 116 Å². The van der Waals surface area contributed by atoms with Crippen LogP contribution in [0.15, 0.2) is 51.8 Å². The SMILES string of the molecule is C1=C[Se]CC(Sc2ccc3ccccc3n2)S1. The summed E-state index contributed by atoms with van der Waals surface area (Å²) in [7, 11) is 0. The van der Waals surface area contributed by atoms with Crippen molar-refractivity contribution in [2.75, 3.05) is 0 Å². The zero-order valence-corrected chi connectivity index (χ0v) is 12.4. The fourth-order valence-corrected chi connectivity index (χ4v) is 6.58. The Bertz CT molecular complexity index is 556. The number of para-hydroxylation sites is 1. The van der Waals surface area contributed by atoms with E-state index < -0.39 is 0 Å². The van der Waals surface area contributed by atoms with Crippen molar-refractivity contribution < 1.29 is 0 Å². The summed E-state index contributed by atoms with van der Waals surface area (Å²) < 4.78 is 0.647. The van der Waals surface area contributed by atoms with Crippen LogP contribution in [0.25, 0.3) is 10.9 Å². The van der Waals surface area contributed by atoms with Gasteiger partial charge in [-0.15, -0.1) is 0 Å². The number of nitrogens with zero attached hydrogens (tertiary/aromatic N) is 1. The monoisotopic (exact) mass is 325 g/mol. The second-order valence-electron chi connectivity index (χ2n) is 3.63. The van der Waals surface area contributed by atoms with Gasteiger partial charge in [0, 0.05) is 0 Å². The summed E-state index contributed by atoms with van der Waals surface area (Å²) in [6, 6.07) is 12.6. The average Bonchev–Trinajstić information content (AvgIpc) is 2.40. The molecule has 0 spiro atoms. The molecular weight excluding hydrogens is 313 g/mol. The Morgan fingerprint density at radius 2 is 2.18 bits per heavy atom. The van der Waals surface area contributed by atoms with E-state index in [1.165, 1.54) is 10.7 Å². The third kappa shape index (κ3) is 2.89. The predicted molar refractivity (Wildman–Crippen MR) is 78.7 cm³/mol. The van der Waals surface area contributed by atoms with Crippen LogP contribution in [0.5, 0.6) is 0 Å². The second-order valence-corrected chi connectivity index (χ2v) is 8.24. The van der Waals surface area contributed by atoms with Crippen LogP contribution in [-0.4, -0.2) is 24.5 Å². The molecule has 0 N–H and O–H groups in total. The minimum absolute atomic E-state index is 0.647. The maximum absolute atomic E-state index is 4.70. The first-order chi connectivity index (χ1) is 8.42. The minimum atomic E-state index is 0.647. The molecule has 1 aromatic carbocycles. The van der Waals surface area contributed by atoms with Crippen LogP contribution in [0.4, 0.5) is 0 Å². The van der Waals surface area contributed by atoms with Crippen molar-refractivity contribution in [3.05, 3.63) is 46.8 Å². The summed E-state index contributed by atoms with van der Waals surface area (Å²) in [5, 5.41) is 5.90. The zero-order valence-electron chi connectivity index (χ0n) is 9.08. The molecule has 1 aliphatic rings. The Balaban J connectivity index is 1.83. The van der Waals surface area contributed by atoms with Gasteiger partial charge in [-0.2, -0.15) is 0 Å². The van der Waals surface area contributed by atoms with Gasteiger partial charge in [0.05, 0.1) is 0 Å². The van der Waals surface area contributed by atoms with Crippen LogP contribution >= 0.6 is 23.5 Å². The molecule has 1 unspecified atom stereocenters. The van der Waals surface area contributed by atoms with Crippen molar-refractivity contribution in [2.45, 2.75) is 14.9 Å². The predicted octanol–water partition coefficient (Wildman–Crippen LogP) is 3.99. The fourth-order valence-electron chi connectivity index (χ4n) is 1.64. The number of benzene rings is 1. The molecule has 86 valence electrons. The molecule has 1 nitrogen and oxygen atoms in total. The summed E-state index contributed by atoms with van der Waals surface area (Å²) in [5.41, 5.74) is 1.10. The molecule has 17 heavy (non-hydrogen) atoms. The molecule has 0 saturated carbocycles. The van der Waals surface area contributed by atoms with E-state index in [0.29, 0.717) is 19.5 Å². The van der Waals surface area contributed by atoms with E-state index in [9.17, 15) is 0 Å². The topological polar surface area (TPSA) is 12.9 Å². The standard InChI is InChI=1S/C13H11NS2Se/c1-2-4-11-10(3-1)5-6-12(14-11)16-13-9-17-8-7-15-13/h1-8,13H,9H2. The molecule has 2 heterocycles. The van der Waals surface area contributed by atoms with Crippen molar-refractivity contribution in [3.63, 3.8) is 0 Å². The van der Waals surface area contributed by atoms with E-state index in [1.54, 1.807) is 0 Å². The normalized spacial score (nSPS) is 19.6. The van der Waals surface area contributed by atoms with Gasteiger partial charge in [-0.25, -0.2) is 0 Å². The molecule has 0 fully saturated rings. The van der Waals surface area contributed by atoms with E-state index in [2.05, 4.69) is 40.7 Å². The van der Waals surface area contributed by atoms with Gasteiger partial charge in [-0.1, -0.05) is 0 Å². The van der Waals surface area contributed by atoms with E-state index >= 15 is 0 Å². The van der Waals surface area contributed by atoms with Gasteiger partial charge in [-0.3, -0.25) is 0 Å². The molecule has 0 bridgehead atoms. The number of fused-ring (bicyclic) bond motifs is 1. The number of pyridine rings is 1. The fraction of sp³-hybridized carbons (Fsp3) is 0.154. The van der Waals surface area contributed by atoms with Crippen LogP contribution in [0.1, 0.15) is 0 Å². The van der Waals surface area contributed by atoms with Crippen molar-refractivity contribution >= 4 is 49.4 Å². The van der Waals surface area contributed by atoms with Crippen LogP contribution in [-0.2, 0) is 0 Å². The first-order valence-corrected chi connectivity index (χ1v) is 9.39. The van der Waals surface area contributed by atoms with Gasteiger partial charge < -0.3 is 0 Å². The summed E-state index contributed by atoms with van der Waals surface area (Å²) in [6.45, 7) is 0. The Hall–Kier alpha value is -0.411. The molecule has 1 atom stereocenters. The molecule has 0 amide bonds. The van der Waals surface area contributed by atoms with Gasteiger partial charge >= 0.3 is 116 Å². The third-order valence-corrected chi connectivity index (χ3v) is 7.86. The number of hydrogen-bond donors (Lipinski definition) is 0. The maximum atomic E-state index is 4.70. The Morgan fingerprint density at radius 3 is 3.06 bits per heavy atom. The first kappa shape index (κ1) is 11.7. The molecule has 2 aromatic rings. The molecule has 0 radical (unpaired) electrons. The van der Waals surface area contributed by atoms with Crippen molar-refractivity contribution in [1.29, 1.82) is 0 Å². The molecule has 0 aliphatic carbocycles. The van der Waals surface area contributed by atoms with Gasteiger partial charge in [0.2, 0.25) is 0 Å². The molecule has 4 heteroatoms. The summed E-state index contributed by atoms with van der Waals surface area (Å²) in [6.07, 6.45) is 0. The molecular formula is C13H11NS2Se. The average molecular weight is 324 g/mol. The van der Waals surface area contributed by atoms with Crippen molar-refractivity contribution in [3.8, 4) is 0 Å². The number of hydrogen-bond acceptors (Lipinski definition) is 3.